The van der Waals surface area contributed by atoms with Crippen molar-refractivity contribution in [3.8, 4) is 5.75 Å². The predicted octanol–water partition coefficient (Wildman–Crippen LogP) is 3.77. The molecule has 0 heterocycles. The Bertz CT molecular complexity index is 569. The molecular weight excluding hydrogens is 316 g/mol. The Kier molecular flexibility index (Phi) is 4.50. The van der Waals surface area contributed by atoms with Crippen molar-refractivity contribution in [1.29, 1.82) is 0 Å². The molecule has 5 heteroatoms. The van der Waals surface area contributed by atoms with Gasteiger partial charge in [0.15, 0.2) is 0 Å². The molecule has 0 atom stereocenters. The number of nitrogens with two attached hydrogens (primary N) is 1. The Labute approximate surface area is 118 Å². The molecule has 0 unspecified atom stereocenters. The third kappa shape index (κ3) is 3.75. The van der Waals surface area contributed by atoms with Crippen molar-refractivity contribution in [2.45, 2.75) is 13.2 Å². The topological polar surface area (TPSA) is 35.2 Å². The Morgan fingerprint density at radius 3 is 2.58 bits per heavy atom. The maximum atomic E-state index is 13.6. The molecule has 0 saturated carbocycles. The zero-order valence-corrected chi connectivity index (χ0v) is 11.6. The first-order valence-corrected chi connectivity index (χ1v) is 6.44. The quantitative estimate of drug-likeness (QED) is 0.927. The fourth-order valence-corrected chi connectivity index (χ4v) is 2.08. The zero-order chi connectivity index (χ0) is 13.8. The summed E-state index contributed by atoms with van der Waals surface area (Å²) in [5.41, 5.74) is 6.71. The molecule has 0 bridgehead atoms. The van der Waals surface area contributed by atoms with Gasteiger partial charge in [-0.25, -0.2) is 8.78 Å². The van der Waals surface area contributed by atoms with Gasteiger partial charge < -0.3 is 10.5 Å². The zero-order valence-electron chi connectivity index (χ0n) is 10.00. The second-order valence-electron chi connectivity index (χ2n) is 4.02. The fraction of sp³-hybridized carbons (Fsp3) is 0.143. The van der Waals surface area contributed by atoms with E-state index >= 15 is 0 Å². The maximum absolute atomic E-state index is 13.6. The standard InChI is InChI=1S/C14H12BrF2NO/c15-11-4-12(16)6-13(5-11)19-8-10-3-9(7-18)1-2-14(10)17/h1-6H,7-8,18H2. The van der Waals surface area contributed by atoms with Crippen LogP contribution in [-0.2, 0) is 13.2 Å². The van der Waals surface area contributed by atoms with E-state index < -0.39 is 5.82 Å². The molecule has 2 aromatic rings. The largest absolute Gasteiger partial charge is 0.489 e. The normalized spacial score (nSPS) is 10.5. The van der Waals surface area contributed by atoms with Crippen LogP contribution in [0.2, 0.25) is 0 Å². The first-order chi connectivity index (χ1) is 9.08. The Balaban J connectivity index is 2.13. The highest BCUT2D eigenvalue weighted by Gasteiger charge is 2.06. The second kappa shape index (κ2) is 6.12. The third-order valence-electron chi connectivity index (χ3n) is 2.58. The van der Waals surface area contributed by atoms with Gasteiger partial charge in [0.25, 0.3) is 0 Å². The molecule has 0 aliphatic rings. The summed E-state index contributed by atoms with van der Waals surface area (Å²) in [7, 11) is 0. The minimum atomic E-state index is -0.416. The van der Waals surface area contributed by atoms with Crippen molar-refractivity contribution in [2.24, 2.45) is 5.73 Å². The molecule has 100 valence electrons. The molecule has 0 amide bonds. The molecule has 0 fully saturated rings. The molecule has 0 aliphatic carbocycles. The van der Waals surface area contributed by atoms with Gasteiger partial charge in [-0.2, -0.15) is 0 Å². The Hall–Kier alpha value is -1.46. The lowest BCUT2D eigenvalue weighted by Crippen LogP contribution is -2.02. The van der Waals surface area contributed by atoms with Gasteiger partial charge in [-0.3, -0.25) is 0 Å². The van der Waals surface area contributed by atoms with Gasteiger partial charge >= 0.3 is 0 Å². The molecule has 0 aliphatic heterocycles. The van der Waals surface area contributed by atoms with E-state index in [1.54, 1.807) is 18.2 Å². The van der Waals surface area contributed by atoms with Crippen LogP contribution >= 0.6 is 15.9 Å². The van der Waals surface area contributed by atoms with Crippen LogP contribution < -0.4 is 10.5 Å². The van der Waals surface area contributed by atoms with E-state index in [-0.39, 0.29) is 12.4 Å². The Morgan fingerprint density at radius 2 is 1.89 bits per heavy atom. The van der Waals surface area contributed by atoms with Crippen molar-refractivity contribution in [1.82, 2.24) is 0 Å². The minimum Gasteiger partial charge on any atom is -0.489 e. The lowest BCUT2D eigenvalue weighted by atomic mass is 10.1. The van der Waals surface area contributed by atoms with Crippen molar-refractivity contribution >= 4 is 15.9 Å². The predicted molar refractivity (Wildman–Crippen MR) is 72.7 cm³/mol. The van der Waals surface area contributed by atoms with Crippen LogP contribution in [0.3, 0.4) is 0 Å². The Morgan fingerprint density at radius 1 is 1.11 bits per heavy atom. The molecule has 19 heavy (non-hydrogen) atoms. The number of rotatable bonds is 4. The third-order valence-corrected chi connectivity index (χ3v) is 3.03. The molecule has 0 aromatic heterocycles. The summed E-state index contributed by atoms with van der Waals surface area (Å²) in [6.07, 6.45) is 0. The number of benzene rings is 2. The van der Waals surface area contributed by atoms with Gasteiger partial charge in [0, 0.05) is 22.6 Å². The van der Waals surface area contributed by atoms with E-state index in [0.29, 0.717) is 22.3 Å². The fourth-order valence-electron chi connectivity index (χ4n) is 1.64. The van der Waals surface area contributed by atoms with Crippen LogP contribution in [-0.4, -0.2) is 0 Å². The molecular formula is C14H12BrF2NO. The van der Waals surface area contributed by atoms with Crippen molar-refractivity contribution in [3.63, 3.8) is 0 Å². The summed E-state index contributed by atoms with van der Waals surface area (Å²) >= 11 is 3.17. The van der Waals surface area contributed by atoms with Gasteiger partial charge in [-0.1, -0.05) is 22.0 Å². The highest BCUT2D eigenvalue weighted by Crippen LogP contribution is 2.22. The van der Waals surface area contributed by atoms with Crippen molar-refractivity contribution in [2.75, 3.05) is 0 Å². The van der Waals surface area contributed by atoms with Crippen LogP contribution in [0.5, 0.6) is 5.75 Å². The van der Waals surface area contributed by atoms with Gasteiger partial charge in [0.1, 0.15) is 24.0 Å². The number of ether oxygens (including phenoxy) is 1. The lowest BCUT2D eigenvalue weighted by Gasteiger charge is -2.09. The van der Waals surface area contributed by atoms with E-state index in [9.17, 15) is 8.78 Å². The minimum absolute atomic E-state index is 0.0234. The summed E-state index contributed by atoms with van der Waals surface area (Å²) in [5.74, 6) is -0.447. The molecule has 2 N–H and O–H groups in total. The maximum Gasteiger partial charge on any atom is 0.129 e. The van der Waals surface area contributed by atoms with E-state index in [4.69, 9.17) is 10.5 Å². The molecule has 2 nitrogen and oxygen atoms in total. The smallest absolute Gasteiger partial charge is 0.129 e. The summed E-state index contributed by atoms with van der Waals surface area (Å²) in [6, 6.07) is 8.80. The molecule has 2 aromatic carbocycles. The SMILES string of the molecule is NCc1ccc(F)c(COc2cc(F)cc(Br)c2)c1. The van der Waals surface area contributed by atoms with Crippen molar-refractivity contribution in [3.05, 3.63) is 63.6 Å². The average Bonchev–Trinajstić information content (AvgIpc) is 2.37. The van der Waals surface area contributed by atoms with Crippen LogP contribution in [0.4, 0.5) is 8.78 Å². The summed E-state index contributed by atoms with van der Waals surface area (Å²) < 4.78 is 32.7. The molecule has 0 saturated heterocycles. The van der Waals surface area contributed by atoms with Gasteiger partial charge in [0.2, 0.25) is 0 Å². The molecule has 2 rings (SSSR count). The van der Waals surface area contributed by atoms with Crippen LogP contribution in [0.25, 0.3) is 0 Å². The van der Waals surface area contributed by atoms with Crippen LogP contribution in [0, 0.1) is 11.6 Å². The van der Waals surface area contributed by atoms with E-state index in [1.165, 1.54) is 18.2 Å². The van der Waals surface area contributed by atoms with Crippen molar-refractivity contribution < 1.29 is 13.5 Å². The van der Waals surface area contributed by atoms with E-state index in [2.05, 4.69) is 15.9 Å². The van der Waals surface area contributed by atoms with Crippen LogP contribution in [0.1, 0.15) is 11.1 Å². The number of hydrogen-bond acceptors (Lipinski definition) is 2. The summed E-state index contributed by atoms with van der Waals surface area (Å²) in [4.78, 5) is 0. The van der Waals surface area contributed by atoms with E-state index in [0.717, 1.165) is 5.56 Å². The average molecular weight is 328 g/mol. The second-order valence-corrected chi connectivity index (χ2v) is 4.94. The first-order valence-electron chi connectivity index (χ1n) is 5.65. The van der Waals surface area contributed by atoms with Gasteiger partial charge in [-0.05, 0) is 29.8 Å². The highest BCUT2D eigenvalue weighted by molar-refractivity contribution is 9.10. The van der Waals surface area contributed by atoms with Gasteiger partial charge in [-0.15, -0.1) is 0 Å². The molecule has 0 spiro atoms. The molecule has 0 radical (unpaired) electrons. The highest BCUT2D eigenvalue weighted by atomic mass is 79.9. The number of hydrogen-bond donors (Lipinski definition) is 1. The van der Waals surface area contributed by atoms with Gasteiger partial charge in [0.05, 0.1) is 0 Å². The first kappa shape index (κ1) is 14.0. The monoisotopic (exact) mass is 327 g/mol. The summed E-state index contributed by atoms with van der Waals surface area (Å²) in [5, 5.41) is 0. The lowest BCUT2D eigenvalue weighted by molar-refractivity contribution is 0.298. The van der Waals surface area contributed by atoms with Crippen LogP contribution in [0.15, 0.2) is 40.9 Å². The summed E-state index contributed by atoms with van der Waals surface area (Å²) in [6.45, 7) is 0.356. The number of halogens is 3. The van der Waals surface area contributed by atoms with E-state index in [1.807, 2.05) is 0 Å².